The summed E-state index contributed by atoms with van der Waals surface area (Å²) in [5, 5.41) is 18.0. The van der Waals surface area contributed by atoms with Crippen molar-refractivity contribution in [3.05, 3.63) is 17.2 Å². The highest BCUT2D eigenvalue weighted by Crippen LogP contribution is 2.15. The Kier molecular flexibility index (Phi) is 3.02. The molecule has 0 saturated carbocycles. The third-order valence-corrected chi connectivity index (χ3v) is 1.98. The molecule has 0 spiro atoms. The fourth-order valence-corrected chi connectivity index (χ4v) is 1.48. The molecule has 0 aromatic carbocycles. The van der Waals surface area contributed by atoms with Gasteiger partial charge in [-0.3, -0.25) is 0 Å². The number of aliphatic hydroxyl groups excluding tert-OH is 2. The van der Waals surface area contributed by atoms with Gasteiger partial charge in [0.15, 0.2) is 0 Å². The lowest BCUT2D eigenvalue weighted by Crippen LogP contribution is -2.18. The molecule has 1 heterocycles. The summed E-state index contributed by atoms with van der Waals surface area (Å²) in [6.45, 7) is 3.27. The average molecular weight is 185 g/mol. The molecule has 0 bridgehead atoms. The summed E-state index contributed by atoms with van der Waals surface area (Å²) in [6.07, 6.45) is -0.241. The van der Waals surface area contributed by atoms with E-state index >= 15 is 0 Å². The summed E-state index contributed by atoms with van der Waals surface area (Å²) in [7, 11) is 0. The number of hydrogen-bond acceptors (Lipinski definition) is 4. The van der Waals surface area contributed by atoms with Crippen LogP contribution in [0, 0.1) is 6.92 Å². The second-order valence-electron chi connectivity index (χ2n) is 2.98. The predicted molar refractivity (Wildman–Crippen MR) is 47.7 cm³/mol. The maximum absolute atomic E-state index is 9.07. The van der Waals surface area contributed by atoms with Crippen molar-refractivity contribution in [1.29, 1.82) is 0 Å². The lowest BCUT2D eigenvalue weighted by atomic mass is 10.3. The maximum atomic E-state index is 9.07. The molecule has 0 amide bonds. The van der Waals surface area contributed by atoms with E-state index in [-0.39, 0.29) is 19.4 Å². The van der Waals surface area contributed by atoms with Crippen molar-refractivity contribution < 1.29 is 10.2 Å². The monoisotopic (exact) mass is 185 g/mol. The first-order valence-corrected chi connectivity index (χ1v) is 4.15. The second kappa shape index (κ2) is 3.87. The first-order valence-electron chi connectivity index (χ1n) is 4.15. The van der Waals surface area contributed by atoms with Crippen LogP contribution in [0.2, 0.25) is 0 Å². The number of nitrogens with two attached hydrogens (primary N) is 1. The molecule has 1 rings (SSSR count). The van der Waals surface area contributed by atoms with Crippen LogP contribution in [0.25, 0.3) is 0 Å². The van der Waals surface area contributed by atoms with E-state index in [0.29, 0.717) is 17.2 Å². The zero-order valence-electron chi connectivity index (χ0n) is 7.86. The molecule has 1 aromatic heterocycles. The third-order valence-electron chi connectivity index (χ3n) is 1.98. The van der Waals surface area contributed by atoms with Gasteiger partial charge in [0.1, 0.15) is 5.82 Å². The van der Waals surface area contributed by atoms with Gasteiger partial charge in [0.25, 0.3) is 0 Å². The van der Waals surface area contributed by atoms with Crippen molar-refractivity contribution in [3.63, 3.8) is 0 Å². The Morgan fingerprint density at radius 1 is 1.46 bits per heavy atom. The van der Waals surface area contributed by atoms with E-state index in [2.05, 4.69) is 4.98 Å². The number of nitrogens with zero attached hydrogens (tertiary/aromatic N) is 2. The van der Waals surface area contributed by atoms with Gasteiger partial charge < -0.3 is 20.5 Å². The van der Waals surface area contributed by atoms with Gasteiger partial charge in [-0.15, -0.1) is 0 Å². The molecule has 1 atom stereocenters. The van der Waals surface area contributed by atoms with Gasteiger partial charge in [-0.2, -0.15) is 0 Å². The van der Waals surface area contributed by atoms with Crippen molar-refractivity contribution >= 4 is 0 Å². The Labute approximate surface area is 76.8 Å². The minimum Gasteiger partial charge on any atom is -0.390 e. The van der Waals surface area contributed by atoms with Gasteiger partial charge in [-0.05, 0) is 13.8 Å². The van der Waals surface area contributed by atoms with Gasteiger partial charge in [-0.1, -0.05) is 0 Å². The molecule has 0 aliphatic rings. The molecule has 0 saturated heterocycles. The minimum absolute atomic E-state index is 0.154. The Morgan fingerprint density at radius 3 is 2.46 bits per heavy atom. The number of rotatable bonds is 3. The standard InChI is InChI=1S/C8H15N3O2/c1-5(9)11-6(2)10-7(3-12)8(11)4-13/h5,12-13H,3-4,9H2,1-2H3. The van der Waals surface area contributed by atoms with Gasteiger partial charge in [-0.25, -0.2) is 4.98 Å². The molecule has 4 N–H and O–H groups in total. The van der Waals surface area contributed by atoms with E-state index in [1.54, 1.807) is 18.4 Å². The van der Waals surface area contributed by atoms with Crippen LogP contribution in [0.5, 0.6) is 0 Å². The van der Waals surface area contributed by atoms with Crippen LogP contribution in [0.15, 0.2) is 0 Å². The van der Waals surface area contributed by atoms with E-state index < -0.39 is 0 Å². The van der Waals surface area contributed by atoms with Crippen LogP contribution in [0.3, 0.4) is 0 Å². The number of imidazole rings is 1. The molecule has 0 aliphatic carbocycles. The van der Waals surface area contributed by atoms with E-state index in [1.165, 1.54) is 0 Å². The Hall–Kier alpha value is -0.910. The normalized spacial score (nSPS) is 13.3. The smallest absolute Gasteiger partial charge is 0.107 e. The zero-order valence-corrected chi connectivity index (χ0v) is 7.86. The van der Waals surface area contributed by atoms with E-state index in [9.17, 15) is 0 Å². The average Bonchev–Trinajstić information content (AvgIpc) is 2.41. The SMILES string of the molecule is Cc1nc(CO)c(CO)n1C(C)N. The third kappa shape index (κ3) is 1.72. The Morgan fingerprint density at radius 2 is 2.08 bits per heavy atom. The number of aliphatic hydroxyl groups is 2. The lowest BCUT2D eigenvalue weighted by molar-refractivity contribution is 0.248. The molecule has 5 heteroatoms. The molecular formula is C8H15N3O2. The van der Waals surface area contributed by atoms with Crippen LogP contribution in [0.1, 0.15) is 30.3 Å². The quantitative estimate of drug-likeness (QED) is 0.601. The summed E-state index contributed by atoms with van der Waals surface area (Å²) in [6, 6.07) is 0. The molecule has 5 nitrogen and oxygen atoms in total. The van der Waals surface area contributed by atoms with Crippen LogP contribution < -0.4 is 5.73 Å². The first kappa shape index (κ1) is 10.2. The number of aromatic nitrogens is 2. The predicted octanol–water partition coefficient (Wildman–Crippen LogP) is -0.347. The summed E-state index contributed by atoms with van der Waals surface area (Å²) >= 11 is 0. The number of aryl methyl sites for hydroxylation is 1. The summed E-state index contributed by atoms with van der Waals surface area (Å²) in [4.78, 5) is 4.09. The van der Waals surface area contributed by atoms with E-state index in [0.717, 1.165) is 0 Å². The molecule has 13 heavy (non-hydrogen) atoms. The van der Waals surface area contributed by atoms with Crippen LogP contribution >= 0.6 is 0 Å². The van der Waals surface area contributed by atoms with E-state index in [4.69, 9.17) is 15.9 Å². The maximum Gasteiger partial charge on any atom is 0.107 e. The van der Waals surface area contributed by atoms with Crippen molar-refractivity contribution in [2.24, 2.45) is 5.73 Å². The van der Waals surface area contributed by atoms with Crippen molar-refractivity contribution in [3.8, 4) is 0 Å². The fourth-order valence-electron chi connectivity index (χ4n) is 1.48. The molecular weight excluding hydrogens is 170 g/mol. The highest BCUT2D eigenvalue weighted by molar-refractivity contribution is 5.16. The first-order chi connectivity index (χ1) is 6.11. The molecule has 0 fully saturated rings. The molecule has 1 aromatic rings. The summed E-state index contributed by atoms with van der Waals surface area (Å²) < 4.78 is 1.71. The van der Waals surface area contributed by atoms with Crippen molar-refractivity contribution in [2.45, 2.75) is 33.2 Å². The fraction of sp³-hybridized carbons (Fsp3) is 0.625. The summed E-state index contributed by atoms with van der Waals surface area (Å²) in [5.74, 6) is 0.711. The van der Waals surface area contributed by atoms with E-state index in [1.807, 2.05) is 0 Å². The van der Waals surface area contributed by atoms with Crippen molar-refractivity contribution in [1.82, 2.24) is 9.55 Å². The molecule has 1 unspecified atom stereocenters. The Balaban J connectivity index is 3.22. The summed E-state index contributed by atoms with van der Waals surface area (Å²) in [5.41, 5.74) is 6.78. The molecule has 74 valence electrons. The Bertz CT molecular complexity index is 294. The van der Waals surface area contributed by atoms with Crippen LogP contribution in [0.4, 0.5) is 0 Å². The lowest BCUT2D eigenvalue weighted by Gasteiger charge is -2.12. The highest BCUT2D eigenvalue weighted by Gasteiger charge is 2.14. The number of hydrogen-bond donors (Lipinski definition) is 3. The topological polar surface area (TPSA) is 84.3 Å². The van der Waals surface area contributed by atoms with Gasteiger partial charge in [0.2, 0.25) is 0 Å². The van der Waals surface area contributed by atoms with Crippen molar-refractivity contribution in [2.75, 3.05) is 0 Å². The van der Waals surface area contributed by atoms with Gasteiger partial charge >= 0.3 is 0 Å². The zero-order chi connectivity index (χ0) is 10.0. The van der Waals surface area contributed by atoms with Gasteiger partial charge in [0.05, 0.1) is 30.8 Å². The highest BCUT2D eigenvalue weighted by atomic mass is 16.3. The van der Waals surface area contributed by atoms with Crippen LogP contribution in [-0.2, 0) is 13.2 Å². The second-order valence-corrected chi connectivity index (χ2v) is 2.98. The molecule has 0 radical (unpaired) electrons. The van der Waals surface area contributed by atoms with Crippen LogP contribution in [-0.4, -0.2) is 19.8 Å². The molecule has 0 aliphatic heterocycles. The minimum atomic E-state index is -0.241. The van der Waals surface area contributed by atoms with Gasteiger partial charge in [0, 0.05) is 0 Å². The largest absolute Gasteiger partial charge is 0.390 e.